The van der Waals surface area contributed by atoms with E-state index < -0.39 is 5.79 Å². The molecular formula is C20H19Cl2N3O3. The van der Waals surface area contributed by atoms with Gasteiger partial charge in [0.1, 0.15) is 30.7 Å². The Labute approximate surface area is 173 Å². The first-order valence-corrected chi connectivity index (χ1v) is 9.59. The number of ether oxygens (including phenoxy) is 3. The number of hydrogen-bond donors (Lipinski definition) is 0. The van der Waals surface area contributed by atoms with Gasteiger partial charge in [-0.2, -0.15) is 5.10 Å². The first-order valence-electron chi connectivity index (χ1n) is 8.83. The summed E-state index contributed by atoms with van der Waals surface area (Å²) in [4.78, 5) is 4.00. The Hall–Kier alpha value is -2.12. The average molecular weight is 420 g/mol. The summed E-state index contributed by atoms with van der Waals surface area (Å²) in [5, 5.41) is 5.20. The SMILES string of the molecule is Cc1cc(Oc2ccc(Cl)cc2Cl)ccc1C1(Cn2cncn2)OCC(C)O1. The fraction of sp³-hybridized carbons (Fsp3) is 0.300. The standard InChI is InChI=1S/C20H19Cl2N3O3/c1-13-7-16(27-19-6-3-15(21)8-18(19)22)4-5-17(13)20(26-9-14(2)28-20)10-25-12-23-11-24-25/h3-8,11-12,14H,9-10H2,1-2H3. The van der Waals surface area contributed by atoms with E-state index in [1.807, 2.05) is 32.0 Å². The summed E-state index contributed by atoms with van der Waals surface area (Å²) in [6.45, 7) is 4.89. The van der Waals surface area contributed by atoms with E-state index in [0.29, 0.717) is 34.7 Å². The highest BCUT2D eigenvalue weighted by molar-refractivity contribution is 6.35. The zero-order chi connectivity index (χ0) is 19.7. The lowest BCUT2D eigenvalue weighted by atomic mass is 9.99. The Morgan fingerprint density at radius 3 is 2.75 bits per heavy atom. The molecule has 0 N–H and O–H groups in total. The number of aryl methyl sites for hydroxylation is 1. The van der Waals surface area contributed by atoms with E-state index in [-0.39, 0.29) is 6.10 Å². The third kappa shape index (κ3) is 3.86. The van der Waals surface area contributed by atoms with Crippen molar-refractivity contribution in [2.75, 3.05) is 6.61 Å². The summed E-state index contributed by atoms with van der Waals surface area (Å²) >= 11 is 12.2. The Bertz CT molecular complexity index is 981. The lowest BCUT2D eigenvalue weighted by Gasteiger charge is -2.29. The third-order valence-corrected chi connectivity index (χ3v) is 5.04. The molecule has 0 saturated carbocycles. The van der Waals surface area contributed by atoms with Gasteiger partial charge in [-0.3, -0.25) is 0 Å². The molecule has 0 bridgehead atoms. The van der Waals surface area contributed by atoms with Crippen molar-refractivity contribution in [2.45, 2.75) is 32.3 Å². The van der Waals surface area contributed by atoms with Crippen LogP contribution in [0.15, 0.2) is 49.1 Å². The highest BCUT2D eigenvalue weighted by Gasteiger charge is 2.43. The Kier molecular flexibility index (Phi) is 5.29. The molecule has 8 heteroatoms. The van der Waals surface area contributed by atoms with E-state index in [9.17, 15) is 0 Å². The topological polar surface area (TPSA) is 58.4 Å². The molecule has 28 heavy (non-hydrogen) atoms. The fourth-order valence-electron chi connectivity index (χ4n) is 3.29. The number of hydrogen-bond acceptors (Lipinski definition) is 5. The van der Waals surface area contributed by atoms with Gasteiger partial charge in [0, 0.05) is 10.6 Å². The first-order chi connectivity index (χ1) is 13.4. The zero-order valence-electron chi connectivity index (χ0n) is 15.4. The quantitative estimate of drug-likeness (QED) is 0.583. The molecule has 0 spiro atoms. The highest BCUT2D eigenvalue weighted by atomic mass is 35.5. The summed E-state index contributed by atoms with van der Waals surface area (Å²) in [6.07, 6.45) is 3.12. The summed E-state index contributed by atoms with van der Waals surface area (Å²) in [6, 6.07) is 10.9. The van der Waals surface area contributed by atoms with Gasteiger partial charge in [-0.25, -0.2) is 9.67 Å². The van der Waals surface area contributed by atoms with Crippen molar-refractivity contribution in [3.8, 4) is 11.5 Å². The summed E-state index contributed by atoms with van der Waals surface area (Å²) < 4.78 is 19.9. The minimum Gasteiger partial charge on any atom is -0.456 e. The average Bonchev–Trinajstić information content (AvgIpc) is 3.28. The molecule has 1 aliphatic rings. The van der Waals surface area contributed by atoms with Gasteiger partial charge in [-0.05, 0) is 55.8 Å². The number of halogens is 2. The normalized spacial score (nSPS) is 21.8. The summed E-state index contributed by atoms with van der Waals surface area (Å²) in [7, 11) is 0. The van der Waals surface area contributed by atoms with Crippen LogP contribution in [-0.2, 0) is 21.8 Å². The third-order valence-electron chi connectivity index (χ3n) is 4.51. The largest absolute Gasteiger partial charge is 0.456 e. The molecule has 6 nitrogen and oxygen atoms in total. The van der Waals surface area contributed by atoms with E-state index in [1.165, 1.54) is 6.33 Å². The molecule has 3 aromatic rings. The summed E-state index contributed by atoms with van der Waals surface area (Å²) in [5.41, 5.74) is 1.89. The molecule has 1 aromatic heterocycles. The molecule has 0 amide bonds. The van der Waals surface area contributed by atoms with Crippen LogP contribution in [0.1, 0.15) is 18.1 Å². The van der Waals surface area contributed by atoms with Crippen molar-refractivity contribution in [3.05, 3.63) is 70.2 Å². The van der Waals surface area contributed by atoms with Crippen molar-refractivity contribution >= 4 is 23.2 Å². The number of nitrogens with zero attached hydrogens (tertiary/aromatic N) is 3. The molecule has 4 rings (SSSR count). The highest BCUT2D eigenvalue weighted by Crippen LogP contribution is 2.39. The number of benzene rings is 2. The molecule has 1 fully saturated rings. The maximum absolute atomic E-state index is 6.21. The van der Waals surface area contributed by atoms with Crippen LogP contribution >= 0.6 is 23.2 Å². The van der Waals surface area contributed by atoms with Crippen molar-refractivity contribution < 1.29 is 14.2 Å². The van der Waals surface area contributed by atoms with Crippen LogP contribution < -0.4 is 4.74 Å². The fourth-order valence-corrected chi connectivity index (χ4v) is 3.74. The number of aromatic nitrogens is 3. The second kappa shape index (κ2) is 7.72. The van der Waals surface area contributed by atoms with Crippen molar-refractivity contribution in [3.63, 3.8) is 0 Å². The predicted octanol–water partition coefficient (Wildman–Crippen LogP) is 4.97. The van der Waals surface area contributed by atoms with Gasteiger partial charge in [0.15, 0.2) is 0 Å². The van der Waals surface area contributed by atoms with E-state index in [2.05, 4.69) is 10.1 Å². The zero-order valence-corrected chi connectivity index (χ0v) is 16.9. The van der Waals surface area contributed by atoms with Crippen LogP contribution in [0.4, 0.5) is 0 Å². The smallest absolute Gasteiger partial charge is 0.215 e. The van der Waals surface area contributed by atoms with Crippen molar-refractivity contribution in [1.29, 1.82) is 0 Å². The van der Waals surface area contributed by atoms with Crippen LogP contribution in [0.25, 0.3) is 0 Å². The molecule has 2 aromatic carbocycles. The molecule has 2 heterocycles. The maximum Gasteiger partial charge on any atom is 0.215 e. The Balaban J connectivity index is 1.63. The molecule has 2 atom stereocenters. The molecule has 0 aliphatic carbocycles. The van der Waals surface area contributed by atoms with Crippen LogP contribution in [0, 0.1) is 6.92 Å². The second-order valence-electron chi connectivity index (χ2n) is 6.74. The van der Waals surface area contributed by atoms with Gasteiger partial charge in [-0.1, -0.05) is 23.2 Å². The van der Waals surface area contributed by atoms with Gasteiger partial charge in [-0.15, -0.1) is 0 Å². The molecule has 1 aliphatic heterocycles. The minimum absolute atomic E-state index is 0.0216. The monoisotopic (exact) mass is 419 g/mol. The van der Waals surface area contributed by atoms with Crippen molar-refractivity contribution in [1.82, 2.24) is 14.8 Å². The van der Waals surface area contributed by atoms with Gasteiger partial charge in [0.2, 0.25) is 5.79 Å². The van der Waals surface area contributed by atoms with Crippen LogP contribution in [-0.4, -0.2) is 27.5 Å². The van der Waals surface area contributed by atoms with Crippen LogP contribution in [0.5, 0.6) is 11.5 Å². The molecule has 146 valence electrons. The van der Waals surface area contributed by atoms with Crippen molar-refractivity contribution in [2.24, 2.45) is 0 Å². The first kappa shape index (κ1) is 19.2. The second-order valence-corrected chi connectivity index (χ2v) is 7.58. The lowest BCUT2D eigenvalue weighted by Crippen LogP contribution is -2.34. The minimum atomic E-state index is -0.923. The Morgan fingerprint density at radius 2 is 2.11 bits per heavy atom. The lowest BCUT2D eigenvalue weighted by molar-refractivity contribution is -0.187. The predicted molar refractivity (Wildman–Crippen MR) is 106 cm³/mol. The Morgan fingerprint density at radius 1 is 1.25 bits per heavy atom. The molecule has 0 radical (unpaired) electrons. The van der Waals surface area contributed by atoms with Gasteiger partial charge in [0.25, 0.3) is 0 Å². The maximum atomic E-state index is 6.21. The number of rotatable bonds is 5. The van der Waals surface area contributed by atoms with Gasteiger partial charge in [0.05, 0.1) is 17.7 Å². The van der Waals surface area contributed by atoms with E-state index in [0.717, 1.165) is 11.1 Å². The van der Waals surface area contributed by atoms with Crippen LogP contribution in [0.2, 0.25) is 10.0 Å². The molecule has 1 saturated heterocycles. The van der Waals surface area contributed by atoms with E-state index in [1.54, 1.807) is 29.2 Å². The van der Waals surface area contributed by atoms with Gasteiger partial charge >= 0.3 is 0 Å². The summed E-state index contributed by atoms with van der Waals surface area (Å²) in [5.74, 6) is 0.276. The molecular weight excluding hydrogens is 401 g/mol. The van der Waals surface area contributed by atoms with E-state index >= 15 is 0 Å². The van der Waals surface area contributed by atoms with E-state index in [4.69, 9.17) is 37.4 Å². The van der Waals surface area contributed by atoms with Gasteiger partial charge < -0.3 is 14.2 Å². The molecule has 2 unspecified atom stereocenters. The van der Waals surface area contributed by atoms with Crippen LogP contribution in [0.3, 0.4) is 0 Å².